The van der Waals surface area contributed by atoms with Crippen LogP contribution in [0.3, 0.4) is 0 Å². The van der Waals surface area contributed by atoms with Gasteiger partial charge in [0.25, 0.3) is 0 Å². The highest BCUT2D eigenvalue weighted by molar-refractivity contribution is 7.99. The van der Waals surface area contributed by atoms with Gasteiger partial charge in [0, 0.05) is 12.6 Å². The van der Waals surface area contributed by atoms with E-state index in [4.69, 9.17) is 0 Å². The molecule has 1 aliphatic carbocycles. The third-order valence-corrected chi connectivity index (χ3v) is 6.22. The Morgan fingerprint density at radius 3 is 2.43 bits per heavy atom. The fourth-order valence-electron chi connectivity index (χ4n) is 3.15. The summed E-state index contributed by atoms with van der Waals surface area (Å²) in [6.07, 6.45) is 2.00. The number of aromatic nitrogens is 3. The third-order valence-electron chi connectivity index (χ3n) is 5.20. The molecule has 1 atom stereocenters. The van der Waals surface area contributed by atoms with Crippen molar-refractivity contribution in [3.05, 3.63) is 29.8 Å². The Kier molecular flexibility index (Phi) is 5.53. The number of thioether (sulfide) groups is 1. The maximum atomic E-state index is 12.3. The number of carbonyl (C=O) groups is 1. The van der Waals surface area contributed by atoms with Crippen molar-refractivity contribution in [1.82, 2.24) is 20.1 Å². The van der Waals surface area contributed by atoms with Gasteiger partial charge in [-0.25, -0.2) is 0 Å². The van der Waals surface area contributed by atoms with Crippen molar-refractivity contribution in [1.29, 1.82) is 5.26 Å². The van der Waals surface area contributed by atoms with E-state index in [1.165, 1.54) is 17.3 Å². The topological polar surface area (TPSA) is 83.6 Å². The molecular formula is C21H27N5OS. The Bertz CT molecular complexity index is 902. The maximum Gasteiger partial charge on any atom is 0.231 e. The van der Waals surface area contributed by atoms with E-state index >= 15 is 0 Å². The zero-order valence-electron chi connectivity index (χ0n) is 17.1. The van der Waals surface area contributed by atoms with Crippen LogP contribution in [0.5, 0.6) is 0 Å². The molecule has 3 rings (SSSR count). The van der Waals surface area contributed by atoms with Gasteiger partial charge in [-0.3, -0.25) is 4.79 Å². The molecule has 1 aromatic carbocycles. The summed E-state index contributed by atoms with van der Waals surface area (Å²) in [6.45, 7) is 8.36. The molecule has 7 heteroatoms. The molecule has 2 aromatic rings. The summed E-state index contributed by atoms with van der Waals surface area (Å²) in [4.78, 5) is 12.3. The summed E-state index contributed by atoms with van der Waals surface area (Å²) in [5.74, 6) is 1.09. The molecular weight excluding hydrogens is 370 g/mol. The lowest BCUT2D eigenvalue weighted by Crippen LogP contribution is -2.47. The smallest absolute Gasteiger partial charge is 0.231 e. The van der Waals surface area contributed by atoms with Gasteiger partial charge in [-0.05, 0) is 36.7 Å². The molecule has 0 spiro atoms. The molecule has 6 nitrogen and oxygen atoms in total. The normalized spacial score (nSPS) is 16.3. The maximum absolute atomic E-state index is 12.3. The minimum absolute atomic E-state index is 0.102. The van der Waals surface area contributed by atoms with Crippen LogP contribution < -0.4 is 5.32 Å². The van der Waals surface area contributed by atoms with E-state index in [0.29, 0.717) is 5.16 Å². The van der Waals surface area contributed by atoms with E-state index in [2.05, 4.69) is 66.6 Å². The second-order valence-electron chi connectivity index (χ2n) is 8.62. The van der Waals surface area contributed by atoms with Crippen LogP contribution >= 0.6 is 11.8 Å². The zero-order chi connectivity index (χ0) is 20.5. The van der Waals surface area contributed by atoms with Gasteiger partial charge in [-0.2, -0.15) is 5.26 Å². The molecule has 148 valence electrons. The van der Waals surface area contributed by atoms with Gasteiger partial charge in [-0.1, -0.05) is 56.8 Å². The average Bonchev–Trinajstić information content (AvgIpc) is 3.44. The Hall–Kier alpha value is -2.33. The van der Waals surface area contributed by atoms with Gasteiger partial charge in [0.15, 0.2) is 11.0 Å². The van der Waals surface area contributed by atoms with Crippen LogP contribution in [0.15, 0.2) is 29.4 Å². The molecule has 0 saturated heterocycles. The Balaban J connectivity index is 1.65. The molecule has 0 aliphatic heterocycles. The van der Waals surface area contributed by atoms with E-state index < -0.39 is 5.54 Å². The van der Waals surface area contributed by atoms with Crippen molar-refractivity contribution >= 4 is 17.7 Å². The highest BCUT2D eigenvalue weighted by atomic mass is 32.2. The molecule has 0 unspecified atom stereocenters. The first-order chi connectivity index (χ1) is 13.1. The second kappa shape index (κ2) is 7.59. The van der Waals surface area contributed by atoms with Gasteiger partial charge in [0.1, 0.15) is 5.54 Å². The number of nitriles is 1. The summed E-state index contributed by atoms with van der Waals surface area (Å²) in [6, 6.07) is 10.6. The van der Waals surface area contributed by atoms with Crippen molar-refractivity contribution in [3.63, 3.8) is 0 Å². The van der Waals surface area contributed by atoms with Crippen LogP contribution in [-0.2, 0) is 17.3 Å². The van der Waals surface area contributed by atoms with Gasteiger partial charge < -0.3 is 9.88 Å². The van der Waals surface area contributed by atoms with Gasteiger partial charge in [0.05, 0.1) is 11.8 Å². The summed E-state index contributed by atoms with van der Waals surface area (Å²) < 4.78 is 1.90. The van der Waals surface area contributed by atoms with Crippen LogP contribution in [0.2, 0.25) is 0 Å². The minimum atomic E-state index is -0.766. The number of hydrogen-bond donors (Lipinski definition) is 1. The zero-order valence-corrected chi connectivity index (χ0v) is 17.9. The van der Waals surface area contributed by atoms with E-state index in [-0.39, 0.29) is 23.0 Å². The largest absolute Gasteiger partial charge is 0.337 e. The van der Waals surface area contributed by atoms with Crippen molar-refractivity contribution in [2.24, 2.45) is 13.0 Å². The number of carbonyl (C=O) groups excluding carboxylic acids is 1. The first kappa shape index (κ1) is 20.4. The molecule has 1 N–H and O–H groups in total. The van der Waals surface area contributed by atoms with E-state index in [9.17, 15) is 10.1 Å². The molecule has 1 aliphatic rings. The van der Waals surface area contributed by atoms with Crippen molar-refractivity contribution in [2.45, 2.75) is 56.6 Å². The highest BCUT2D eigenvalue weighted by Crippen LogP contribution is 2.39. The molecule has 1 heterocycles. The van der Waals surface area contributed by atoms with Crippen molar-refractivity contribution in [3.8, 4) is 17.5 Å². The summed E-state index contributed by atoms with van der Waals surface area (Å²) in [7, 11) is 1.90. The number of nitrogens with zero attached hydrogens (tertiary/aromatic N) is 4. The van der Waals surface area contributed by atoms with Crippen LogP contribution in [-0.4, -0.2) is 32.0 Å². The predicted molar refractivity (Wildman–Crippen MR) is 111 cm³/mol. The molecule has 0 bridgehead atoms. The highest BCUT2D eigenvalue weighted by Gasteiger charge is 2.42. The number of rotatable bonds is 6. The van der Waals surface area contributed by atoms with E-state index in [0.717, 1.165) is 24.2 Å². The SMILES string of the molecule is Cn1c(SCC(=O)N[C@@](C)(C#N)C2CC2)nnc1-c1ccc(C(C)(C)C)cc1. The molecule has 28 heavy (non-hydrogen) atoms. The summed E-state index contributed by atoms with van der Waals surface area (Å²) >= 11 is 1.33. The van der Waals surface area contributed by atoms with Gasteiger partial charge in [0.2, 0.25) is 5.91 Å². The Morgan fingerprint density at radius 1 is 1.25 bits per heavy atom. The first-order valence-electron chi connectivity index (χ1n) is 9.49. The monoisotopic (exact) mass is 397 g/mol. The lowest BCUT2D eigenvalue weighted by Gasteiger charge is -2.22. The molecule has 1 fully saturated rings. The Labute approximate surface area is 170 Å². The van der Waals surface area contributed by atoms with Crippen LogP contribution in [0.1, 0.15) is 46.1 Å². The van der Waals surface area contributed by atoms with Crippen LogP contribution in [0, 0.1) is 17.2 Å². The fourth-order valence-corrected chi connectivity index (χ4v) is 3.86. The quantitative estimate of drug-likeness (QED) is 0.752. The van der Waals surface area contributed by atoms with Gasteiger partial charge >= 0.3 is 0 Å². The average molecular weight is 398 g/mol. The molecule has 1 aromatic heterocycles. The number of nitrogens with one attached hydrogen (secondary N) is 1. The summed E-state index contributed by atoms with van der Waals surface area (Å²) in [5.41, 5.74) is 1.59. The van der Waals surface area contributed by atoms with E-state index in [1.54, 1.807) is 6.92 Å². The lowest BCUT2D eigenvalue weighted by atomic mass is 9.87. The number of benzene rings is 1. The van der Waals surface area contributed by atoms with Crippen molar-refractivity contribution < 1.29 is 4.79 Å². The summed E-state index contributed by atoms with van der Waals surface area (Å²) in [5, 5.41) is 21.4. The van der Waals surface area contributed by atoms with E-state index in [1.807, 2.05) is 11.6 Å². The first-order valence-corrected chi connectivity index (χ1v) is 10.5. The van der Waals surface area contributed by atoms with Crippen molar-refractivity contribution in [2.75, 3.05) is 5.75 Å². The number of amides is 1. The fraction of sp³-hybridized carbons (Fsp3) is 0.524. The van der Waals surface area contributed by atoms with Gasteiger partial charge in [-0.15, -0.1) is 10.2 Å². The molecule has 1 saturated carbocycles. The second-order valence-corrected chi connectivity index (χ2v) is 9.56. The Morgan fingerprint density at radius 2 is 1.89 bits per heavy atom. The standard InChI is InChI=1S/C21H27N5OS/c1-20(2,3)15-8-6-14(7-9-15)18-24-25-19(26(18)5)28-12-17(27)23-21(4,13-22)16-10-11-16/h6-9,16H,10-12H2,1-5H3,(H,23,27)/t21-/m0/s1. The molecule has 0 radical (unpaired) electrons. The minimum Gasteiger partial charge on any atom is -0.337 e. The molecule has 1 amide bonds. The van der Waals surface area contributed by atoms with Crippen LogP contribution in [0.25, 0.3) is 11.4 Å². The lowest BCUT2D eigenvalue weighted by molar-refractivity contribution is -0.119. The predicted octanol–water partition coefficient (Wildman–Crippen LogP) is 3.68. The van der Waals surface area contributed by atoms with Crippen LogP contribution in [0.4, 0.5) is 0 Å². The third kappa shape index (κ3) is 4.39. The number of hydrogen-bond acceptors (Lipinski definition) is 5.